The van der Waals surface area contributed by atoms with E-state index in [0.29, 0.717) is 0 Å². The first kappa shape index (κ1) is 12.4. The van der Waals surface area contributed by atoms with Crippen LogP contribution in [0.25, 0.3) is 10.1 Å². The van der Waals surface area contributed by atoms with E-state index >= 15 is 0 Å². The Kier molecular flexibility index (Phi) is 3.57. The molecule has 1 aromatic heterocycles. The van der Waals surface area contributed by atoms with Gasteiger partial charge in [0.2, 0.25) is 0 Å². The minimum absolute atomic E-state index is 0.829. The maximum absolute atomic E-state index is 6.03. The number of benzene rings is 1. The SMILES string of the molecule is CN1CCN(Cc2cc3ccc(Cl)cc3s2)CC1. The summed E-state index contributed by atoms with van der Waals surface area (Å²) in [6.45, 7) is 5.77. The van der Waals surface area contributed by atoms with Crippen molar-refractivity contribution in [3.63, 3.8) is 0 Å². The zero-order valence-corrected chi connectivity index (χ0v) is 12.1. The van der Waals surface area contributed by atoms with Gasteiger partial charge in [-0.1, -0.05) is 17.7 Å². The van der Waals surface area contributed by atoms with E-state index in [2.05, 4.69) is 35.0 Å². The Bertz CT molecular complexity index is 544. The van der Waals surface area contributed by atoms with Crippen LogP contribution in [0.2, 0.25) is 5.02 Å². The zero-order valence-electron chi connectivity index (χ0n) is 10.5. The van der Waals surface area contributed by atoms with Crippen LogP contribution >= 0.6 is 22.9 Å². The summed E-state index contributed by atoms with van der Waals surface area (Å²) in [5.41, 5.74) is 0. The molecule has 0 radical (unpaired) electrons. The standard InChI is InChI=1S/C14H17ClN2S/c1-16-4-6-17(7-5-16)10-13-8-11-2-3-12(15)9-14(11)18-13/h2-3,8-9H,4-7,10H2,1H3. The van der Waals surface area contributed by atoms with Crippen molar-refractivity contribution in [3.05, 3.63) is 34.2 Å². The number of fused-ring (bicyclic) bond motifs is 1. The van der Waals surface area contributed by atoms with Crippen LogP contribution in [0.1, 0.15) is 4.88 Å². The average Bonchev–Trinajstić information content (AvgIpc) is 2.73. The summed E-state index contributed by atoms with van der Waals surface area (Å²) in [7, 11) is 2.19. The van der Waals surface area contributed by atoms with E-state index in [1.165, 1.54) is 41.1 Å². The molecule has 96 valence electrons. The number of hydrogen-bond acceptors (Lipinski definition) is 3. The summed E-state index contributed by atoms with van der Waals surface area (Å²) in [5.74, 6) is 0. The van der Waals surface area contributed by atoms with Crippen molar-refractivity contribution in [2.24, 2.45) is 0 Å². The molecule has 1 aliphatic rings. The second-order valence-corrected chi connectivity index (χ2v) is 6.58. The van der Waals surface area contributed by atoms with Gasteiger partial charge in [-0.3, -0.25) is 4.90 Å². The van der Waals surface area contributed by atoms with Crippen molar-refractivity contribution < 1.29 is 0 Å². The summed E-state index contributed by atoms with van der Waals surface area (Å²) in [6, 6.07) is 8.45. The van der Waals surface area contributed by atoms with Gasteiger partial charge in [-0.15, -0.1) is 11.3 Å². The molecule has 0 unspecified atom stereocenters. The largest absolute Gasteiger partial charge is 0.304 e. The molecule has 0 aliphatic carbocycles. The molecule has 1 aliphatic heterocycles. The number of piperazine rings is 1. The highest BCUT2D eigenvalue weighted by molar-refractivity contribution is 7.19. The van der Waals surface area contributed by atoms with Gasteiger partial charge in [0.25, 0.3) is 0 Å². The van der Waals surface area contributed by atoms with Gasteiger partial charge in [-0.2, -0.15) is 0 Å². The van der Waals surface area contributed by atoms with Crippen LogP contribution in [0.4, 0.5) is 0 Å². The normalized spacial score (nSPS) is 18.6. The average molecular weight is 281 g/mol. The number of nitrogens with zero attached hydrogens (tertiary/aromatic N) is 2. The lowest BCUT2D eigenvalue weighted by Gasteiger charge is -2.31. The maximum Gasteiger partial charge on any atom is 0.0420 e. The van der Waals surface area contributed by atoms with E-state index in [1.54, 1.807) is 0 Å². The lowest BCUT2D eigenvalue weighted by atomic mass is 10.2. The molecule has 0 spiro atoms. The van der Waals surface area contributed by atoms with Crippen LogP contribution < -0.4 is 0 Å². The summed E-state index contributed by atoms with van der Waals surface area (Å²) in [4.78, 5) is 6.37. The fourth-order valence-electron chi connectivity index (χ4n) is 2.36. The van der Waals surface area contributed by atoms with Crippen LogP contribution in [0, 0.1) is 0 Å². The van der Waals surface area contributed by atoms with Crippen LogP contribution in [0.15, 0.2) is 24.3 Å². The zero-order chi connectivity index (χ0) is 12.5. The van der Waals surface area contributed by atoms with Crippen molar-refractivity contribution in [1.29, 1.82) is 0 Å². The maximum atomic E-state index is 6.03. The Balaban J connectivity index is 1.74. The van der Waals surface area contributed by atoms with Crippen molar-refractivity contribution in [2.45, 2.75) is 6.54 Å². The molecule has 0 amide bonds. The highest BCUT2D eigenvalue weighted by Gasteiger charge is 2.14. The third-order valence-corrected chi connectivity index (χ3v) is 4.83. The predicted molar refractivity (Wildman–Crippen MR) is 79.6 cm³/mol. The fraction of sp³-hybridized carbons (Fsp3) is 0.429. The van der Waals surface area contributed by atoms with Gasteiger partial charge in [0, 0.05) is 47.3 Å². The van der Waals surface area contributed by atoms with Gasteiger partial charge < -0.3 is 4.90 Å². The molecule has 0 N–H and O–H groups in total. The summed E-state index contributed by atoms with van der Waals surface area (Å²) >= 11 is 7.89. The lowest BCUT2D eigenvalue weighted by Crippen LogP contribution is -2.43. The summed E-state index contributed by atoms with van der Waals surface area (Å²) in [5, 5.41) is 2.14. The van der Waals surface area contributed by atoms with Crippen LogP contribution in [-0.4, -0.2) is 43.0 Å². The Hall–Kier alpha value is -0.610. The van der Waals surface area contributed by atoms with Crippen LogP contribution in [-0.2, 0) is 6.54 Å². The molecule has 4 heteroatoms. The number of halogens is 1. The van der Waals surface area contributed by atoms with Crippen molar-refractivity contribution in [3.8, 4) is 0 Å². The van der Waals surface area contributed by atoms with E-state index in [4.69, 9.17) is 11.6 Å². The van der Waals surface area contributed by atoms with E-state index in [0.717, 1.165) is 11.6 Å². The monoisotopic (exact) mass is 280 g/mol. The smallest absolute Gasteiger partial charge is 0.0420 e. The molecule has 2 aromatic rings. The lowest BCUT2D eigenvalue weighted by molar-refractivity contribution is 0.149. The number of rotatable bonds is 2. The van der Waals surface area contributed by atoms with E-state index in [1.807, 2.05) is 17.4 Å². The Morgan fingerprint density at radius 2 is 1.94 bits per heavy atom. The van der Waals surface area contributed by atoms with Crippen molar-refractivity contribution in [1.82, 2.24) is 9.80 Å². The Morgan fingerprint density at radius 3 is 2.72 bits per heavy atom. The van der Waals surface area contributed by atoms with Gasteiger partial charge >= 0.3 is 0 Å². The molecule has 18 heavy (non-hydrogen) atoms. The topological polar surface area (TPSA) is 6.48 Å². The summed E-state index contributed by atoms with van der Waals surface area (Å²) < 4.78 is 1.30. The highest BCUT2D eigenvalue weighted by Crippen LogP contribution is 2.29. The van der Waals surface area contributed by atoms with E-state index in [9.17, 15) is 0 Å². The molecule has 0 saturated carbocycles. The van der Waals surface area contributed by atoms with Crippen LogP contribution in [0.5, 0.6) is 0 Å². The Labute approximate surface area is 117 Å². The predicted octanol–water partition coefficient (Wildman–Crippen LogP) is 3.30. The molecule has 1 saturated heterocycles. The second kappa shape index (κ2) is 5.17. The van der Waals surface area contributed by atoms with E-state index in [-0.39, 0.29) is 0 Å². The van der Waals surface area contributed by atoms with E-state index < -0.39 is 0 Å². The summed E-state index contributed by atoms with van der Waals surface area (Å²) in [6.07, 6.45) is 0. The molecule has 0 atom stereocenters. The third kappa shape index (κ3) is 2.69. The fourth-order valence-corrected chi connectivity index (χ4v) is 3.75. The van der Waals surface area contributed by atoms with Gasteiger partial charge in [-0.05, 0) is 30.6 Å². The molecule has 3 rings (SSSR count). The van der Waals surface area contributed by atoms with Gasteiger partial charge in [0.05, 0.1) is 0 Å². The third-order valence-electron chi connectivity index (χ3n) is 3.51. The first-order chi connectivity index (χ1) is 8.70. The first-order valence-electron chi connectivity index (χ1n) is 6.29. The molecule has 0 bridgehead atoms. The quantitative estimate of drug-likeness (QED) is 0.833. The van der Waals surface area contributed by atoms with Crippen LogP contribution in [0.3, 0.4) is 0 Å². The second-order valence-electron chi connectivity index (χ2n) is 4.97. The number of likely N-dealkylation sites (N-methyl/N-ethyl adjacent to an activating group) is 1. The van der Waals surface area contributed by atoms with Gasteiger partial charge in [-0.25, -0.2) is 0 Å². The minimum Gasteiger partial charge on any atom is -0.304 e. The highest BCUT2D eigenvalue weighted by atomic mass is 35.5. The molecule has 1 fully saturated rings. The van der Waals surface area contributed by atoms with Gasteiger partial charge in [0.1, 0.15) is 0 Å². The number of thiophene rings is 1. The molecular weight excluding hydrogens is 264 g/mol. The molecule has 1 aromatic carbocycles. The first-order valence-corrected chi connectivity index (χ1v) is 7.49. The minimum atomic E-state index is 0.829. The molecule has 2 nitrogen and oxygen atoms in total. The molecule has 2 heterocycles. The molecular formula is C14H17ClN2S. The van der Waals surface area contributed by atoms with Gasteiger partial charge in [0.15, 0.2) is 0 Å². The number of hydrogen-bond donors (Lipinski definition) is 0. The van der Waals surface area contributed by atoms with Crippen molar-refractivity contribution >= 4 is 33.0 Å². The van der Waals surface area contributed by atoms with Crippen molar-refractivity contribution in [2.75, 3.05) is 33.2 Å². The Morgan fingerprint density at radius 1 is 1.17 bits per heavy atom.